The Balaban J connectivity index is 2.29. The highest BCUT2D eigenvalue weighted by Crippen LogP contribution is 2.38. The van der Waals surface area contributed by atoms with E-state index in [0.29, 0.717) is 6.42 Å². The summed E-state index contributed by atoms with van der Waals surface area (Å²) in [6.07, 6.45) is -4.12. The number of aliphatic carboxylic acids is 1. The molecule has 2 rings (SSSR count). The van der Waals surface area contributed by atoms with Crippen molar-refractivity contribution in [2.75, 3.05) is 13.1 Å². The summed E-state index contributed by atoms with van der Waals surface area (Å²) in [5.74, 6) is -6.53. The lowest BCUT2D eigenvalue weighted by molar-refractivity contribution is -0.187. The molecule has 1 saturated heterocycles. The topological polar surface area (TPSA) is 77.8 Å². The van der Waals surface area contributed by atoms with Gasteiger partial charge in [-0.2, -0.15) is 13.2 Å². The molecule has 5 nitrogen and oxygen atoms in total. The van der Waals surface area contributed by atoms with E-state index in [1.165, 1.54) is 12.1 Å². The van der Waals surface area contributed by atoms with Crippen LogP contribution >= 0.6 is 0 Å². The zero-order chi connectivity index (χ0) is 17.4. The number of carboxylic acid groups (broad SMARTS) is 1. The van der Waals surface area contributed by atoms with Gasteiger partial charge in [-0.1, -0.05) is 13.0 Å². The Morgan fingerprint density at radius 2 is 1.96 bits per heavy atom. The maximum Gasteiger partial charge on any atom is 0.394 e. The first-order valence-corrected chi connectivity index (χ1v) is 7.05. The summed E-state index contributed by atoms with van der Waals surface area (Å²) >= 11 is 0. The van der Waals surface area contributed by atoms with E-state index in [4.69, 9.17) is 5.11 Å². The van der Waals surface area contributed by atoms with E-state index in [1.807, 2.05) is 6.92 Å². The summed E-state index contributed by atoms with van der Waals surface area (Å²) in [5.41, 5.74) is 0.629. The van der Waals surface area contributed by atoms with Gasteiger partial charge in [0.2, 0.25) is 0 Å². The van der Waals surface area contributed by atoms with E-state index in [1.54, 1.807) is 6.07 Å². The minimum atomic E-state index is -4.70. The summed E-state index contributed by atoms with van der Waals surface area (Å²) in [6.45, 7) is 0.569. The number of halogens is 3. The largest absolute Gasteiger partial charge is 0.507 e. The number of rotatable bonds is 3. The lowest BCUT2D eigenvalue weighted by Gasteiger charge is -2.19. The van der Waals surface area contributed by atoms with Crippen molar-refractivity contribution in [2.24, 2.45) is 11.8 Å². The van der Waals surface area contributed by atoms with Crippen molar-refractivity contribution in [3.8, 4) is 5.75 Å². The van der Waals surface area contributed by atoms with Crippen molar-refractivity contribution < 1.29 is 33.0 Å². The predicted octanol–water partition coefficient (Wildman–Crippen LogP) is 2.29. The van der Waals surface area contributed by atoms with E-state index in [9.17, 15) is 27.9 Å². The van der Waals surface area contributed by atoms with Crippen molar-refractivity contribution in [3.63, 3.8) is 0 Å². The van der Waals surface area contributed by atoms with E-state index >= 15 is 0 Å². The summed E-state index contributed by atoms with van der Waals surface area (Å²) in [6, 6.07) is 4.32. The molecular formula is C15H16F3NO4. The number of carbonyl (C=O) groups excluding carboxylic acids is 1. The molecular weight excluding hydrogens is 315 g/mol. The fraction of sp³-hybridized carbons (Fsp3) is 0.467. The van der Waals surface area contributed by atoms with Crippen LogP contribution in [0.25, 0.3) is 0 Å². The number of hydrogen-bond acceptors (Lipinski definition) is 3. The van der Waals surface area contributed by atoms with Crippen molar-refractivity contribution in [3.05, 3.63) is 29.3 Å². The Morgan fingerprint density at radius 3 is 2.43 bits per heavy atom. The monoisotopic (exact) mass is 331 g/mol. The minimum absolute atomic E-state index is 0.115. The Kier molecular flexibility index (Phi) is 4.53. The number of likely N-dealkylation sites (tertiary alicyclic amines) is 1. The third-order valence-electron chi connectivity index (χ3n) is 4.04. The highest BCUT2D eigenvalue weighted by atomic mass is 19.4. The normalized spacial score (nSPS) is 21.5. The molecule has 1 aliphatic rings. The first kappa shape index (κ1) is 17.1. The van der Waals surface area contributed by atoms with Crippen molar-refractivity contribution in [2.45, 2.75) is 19.5 Å². The Bertz CT molecular complexity index is 630. The zero-order valence-electron chi connectivity index (χ0n) is 12.3. The molecule has 1 amide bonds. The zero-order valence-corrected chi connectivity index (χ0v) is 12.3. The van der Waals surface area contributed by atoms with Crippen LogP contribution in [0.4, 0.5) is 13.2 Å². The molecule has 1 aromatic carbocycles. The highest BCUT2D eigenvalue weighted by molar-refractivity contribution is 5.97. The fourth-order valence-electron chi connectivity index (χ4n) is 2.70. The van der Waals surface area contributed by atoms with Crippen LogP contribution in [0, 0.1) is 11.8 Å². The molecule has 2 atom stereocenters. The molecule has 0 unspecified atom stereocenters. The number of carbonyl (C=O) groups is 2. The van der Waals surface area contributed by atoms with Gasteiger partial charge in [0.25, 0.3) is 5.91 Å². The fourth-order valence-corrected chi connectivity index (χ4v) is 2.70. The molecule has 23 heavy (non-hydrogen) atoms. The van der Waals surface area contributed by atoms with E-state index < -0.39 is 43.0 Å². The Labute approximate surface area is 130 Å². The highest BCUT2D eigenvalue weighted by Gasteiger charge is 2.53. The summed E-state index contributed by atoms with van der Waals surface area (Å²) < 4.78 is 38.9. The Morgan fingerprint density at radius 1 is 1.30 bits per heavy atom. The number of aryl methyl sites for hydroxylation is 1. The maximum absolute atomic E-state index is 13.0. The molecule has 0 spiro atoms. The quantitative estimate of drug-likeness (QED) is 0.891. The average Bonchev–Trinajstić information content (AvgIpc) is 2.92. The number of phenolic OH excluding ortho intramolecular Hbond substituents is 1. The number of nitrogens with zero attached hydrogens (tertiary/aromatic N) is 1. The molecule has 0 bridgehead atoms. The SMILES string of the molecule is CCc1ccc(O)c(C(=O)N2C[C@@H](C(F)(F)F)[C@H](C(=O)O)C2)c1. The number of hydrogen-bond donors (Lipinski definition) is 2. The summed E-state index contributed by atoms with van der Waals surface area (Å²) in [5, 5.41) is 18.7. The van der Waals surface area contributed by atoms with Crippen LogP contribution in [-0.2, 0) is 11.2 Å². The van der Waals surface area contributed by atoms with Crippen molar-refractivity contribution in [1.82, 2.24) is 4.90 Å². The van der Waals surface area contributed by atoms with Gasteiger partial charge in [-0.05, 0) is 24.1 Å². The van der Waals surface area contributed by atoms with Crippen molar-refractivity contribution in [1.29, 1.82) is 0 Å². The molecule has 0 radical (unpaired) electrons. The first-order valence-electron chi connectivity index (χ1n) is 7.05. The third kappa shape index (κ3) is 3.40. The predicted molar refractivity (Wildman–Crippen MR) is 74.1 cm³/mol. The van der Waals surface area contributed by atoms with Crippen molar-refractivity contribution >= 4 is 11.9 Å². The van der Waals surface area contributed by atoms with Crippen LogP contribution in [0.3, 0.4) is 0 Å². The second-order valence-corrected chi connectivity index (χ2v) is 5.51. The van der Waals surface area contributed by atoms with Gasteiger partial charge in [-0.15, -0.1) is 0 Å². The number of amides is 1. The lowest BCUT2D eigenvalue weighted by atomic mass is 9.96. The molecule has 126 valence electrons. The molecule has 0 saturated carbocycles. The third-order valence-corrected chi connectivity index (χ3v) is 4.04. The van der Waals surface area contributed by atoms with Gasteiger partial charge in [0.1, 0.15) is 5.75 Å². The second kappa shape index (κ2) is 6.10. The number of aromatic hydroxyl groups is 1. The molecule has 8 heteroatoms. The number of alkyl halides is 3. The van der Waals surface area contributed by atoms with Gasteiger partial charge in [0.05, 0.1) is 17.4 Å². The van der Waals surface area contributed by atoms with Crippen LogP contribution in [0.15, 0.2) is 18.2 Å². The molecule has 1 heterocycles. The molecule has 1 aromatic rings. The Hall–Kier alpha value is -2.25. The molecule has 2 N–H and O–H groups in total. The van der Waals surface area contributed by atoms with Gasteiger partial charge in [0.15, 0.2) is 0 Å². The standard InChI is InChI=1S/C15H16F3NO4/c1-2-8-3-4-12(20)9(5-8)13(21)19-6-10(14(22)23)11(7-19)15(16,17)18/h3-5,10-11,20H,2,6-7H2,1H3,(H,22,23)/t10-,11-/m1/s1. The number of carboxylic acids is 1. The molecule has 0 aromatic heterocycles. The van der Waals surface area contributed by atoms with E-state index in [2.05, 4.69) is 0 Å². The van der Waals surface area contributed by atoms with Gasteiger partial charge in [-0.25, -0.2) is 0 Å². The maximum atomic E-state index is 13.0. The number of phenols is 1. The molecule has 1 aliphatic heterocycles. The lowest BCUT2D eigenvalue weighted by Crippen LogP contribution is -2.34. The van der Waals surface area contributed by atoms with Gasteiger partial charge in [0, 0.05) is 13.1 Å². The summed E-state index contributed by atoms with van der Waals surface area (Å²) in [7, 11) is 0. The van der Waals surface area contributed by atoms with Crippen LogP contribution in [-0.4, -0.2) is 46.3 Å². The molecule has 0 aliphatic carbocycles. The summed E-state index contributed by atoms with van der Waals surface area (Å²) in [4.78, 5) is 24.3. The number of benzene rings is 1. The van der Waals surface area contributed by atoms with E-state index in [0.717, 1.165) is 10.5 Å². The van der Waals surface area contributed by atoms with Gasteiger partial charge in [-0.3, -0.25) is 9.59 Å². The van der Waals surface area contributed by atoms with Crippen LogP contribution < -0.4 is 0 Å². The van der Waals surface area contributed by atoms with Gasteiger partial charge >= 0.3 is 12.1 Å². The van der Waals surface area contributed by atoms with Gasteiger partial charge < -0.3 is 15.1 Å². The average molecular weight is 331 g/mol. The minimum Gasteiger partial charge on any atom is -0.507 e. The van der Waals surface area contributed by atoms with Crippen LogP contribution in [0.2, 0.25) is 0 Å². The smallest absolute Gasteiger partial charge is 0.394 e. The second-order valence-electron chi connectivity index (χ2n) is 5.51. The van der Waals surface area contributed by atoms with Crippen LogP contribution in [0.1, 0.15) is 22.8 Å². The van der Waals surface area contributed by atoms with E-state index in [-0.39, 0.29) is 11.3 Å². The van der Waals surface area contributed by atoms with Crippen LogP contribution in [0.5, 0.6) is 5.75 Å². The molecule has 1 fully saturated rings. The first-order chi connectivity index (χ1) is 10.6.